The second kappa shape index (κ2) is 6.14. The Labute approximate surface area is 114 Å². The van der Waals surface area contributed by atoms with Crippen molar-refractivity contribution in [3.63, 3.8) is 0 Å². The maximum absolute atomic E-state index is 11.8. The number of rotatable bonds is 5. The van der Waals surface area contributed by atoms with Gasteiger partial charge < -0.3 is 15.2 Å². The largest absolute Gasteiger partial charge is 0.369 e. The lowest BCUT2D eigenvalue weighted by molar-refractivity contribution is 0.0949. The van der Waals surface area contributed by atoms with Crippen LogP contribution in [0.4, 0.5) is 5.82 Å². The molecule has 0 fully saturated rings. The molecular weight excluding hydrogens is 270 g/mol. The minimum atomic E-state index is -0.303. The van der Waals surface area contributed by atoms with Crippen LogP contribution in [0.2, 0.25) is 5.02 Å². The highest BCUT2D eigenvalue weighted by molar-refractivity contribution is 6.33. The van der Waals surface area contributed by atoms with E-state index in [1.165, 1.54) is 12.6 Å². The molecule has 19 heavy (non-hydrogen) atoms. The molecule has 8 heteroatoms. The second-order valence-corrected chi connectivity index (χ2v) is 4.02. The summed E-state index contributed by atoms with van der Waals surface area (Å²) in [6.07, 6.45) is 2.65. The van der Waals surface area contributed by atoms with Crippen molar-refractivity contribution in [3.05, 3.63) is 35.1 Å². The first kappa shape index (κ1) is 13.3. The normalized spacial score (nSPS) is 10.2. The number of carbonyl (C=O) groups is 1. The predicted molar refractivity (Wildman–Crippen MR) is 68.9 cm³/mol. The Bertz CT molecular complexity index is 558. The van der Waals surface area contributed by atoms with Gasteiger partial charge in [-0.3, -0.25) is 4.79 Å². The van der Waals surface area contributed by atoms with Gasteiger partial charge in [0.2, 0.25) is 6.39 Å². The van der Waals surface area contributed by atoms with Crippen molar-refractivity contribution in [2.75, 3.05) is 11.9 Å². The summed E-state index contributed by atoms with van der Waals surface area (Å²) >= 11 is 6.01. The van der Waals surface area contributed by atoms with E-state index < -0.39 is 0 Å². The third kappa shape index (κ3) is 3.41. The zero-order chi connectivity index (χ0) is 13.7. The van der Waals surface area contributed by atoms with Crippen molar-refractivity contribution >= 4 is 23.3 Å². The molecule has 0 bridgehead atoms. The van der Waals surface area contributed by atoms with E-state index in [0.717, 1.165) is 0 Å². The second-order valence-electron chi connectivity index (χ2n) is 3.61. The number of nitrogens with zero attached hydrogens (tertiary/aromatic N) is 3. The van der Waals surface area contributed by atoms with Crippen LogP contribution >= 0.6 is 11.6 Å². The molecule has 0 atom stereocenters. The molecule has 1 amide bonds. The molecule has 0 aliphatic heterocycles. The molecule has 7 nitrogen and oxygen atoms in total. The number of hydrogen-bond acceptors (Lipinski definition) is 6. The quantitative estimate of drug-likeness (QED) is 0.862. The highest BCUT2D eigenvalue weighted by Gasteiger charge is 2.10. The minimum Gasteiger partial charge on any atom is -0.369 e. The van der Waals surface area contributed by atoms with Gasteiger partial charge in [-0.15, -0.1) is 0 Å². The highest BCUT2D eigenvalue weighted by atomic mass is 35.5. The van der Waals surface area contributed by atoms with E-state index in [9.17, 15) is 4.79 Å². The molecular formula is C11H12ClN5O2. The van der Waals surface area contributed by atoms with Crippen LogP contribution in [0.1, 0.15) is 23.1 Å². The molecule has 0 aliphatic rings. The summed E-state index contributed by atoms with van der Waals surface area (Å²) in [4.78, 5) is 19.7. The fourth-order valence-corrected chi connectivity index (χ4v) is 1.62. The van der Waals surface area contributed by atoms with Crippen LogP contribution in [-0.2, 0) is 6.54 Å². The average molecular weight is 282 g/mol. The minimum absolute atomic E-state index is 0.182. The van der Waals surface area contributed by atoms with Crippen molar-refractivity contribution in [1.82, 2.24) is 20.4 Å². The summed E-state index contributed by atoms with van der Waals surface area (Å²) in [6.45, 7) is 2.82. The number of nitrogens with one attached hydrogen (secondary N) is 2. The van der Waals surface area contributed by atoms with Crippen LogP contribution in [0.25, 0.3) is 0 Å². The van der Waals surface area contributed by atoms with E-state index in [2.05, 4.69) is 30.3 Å². The number of pyridine rings is 1. The molecule has 2 rings (SSSR count). The number of halogens is 1. The Morgan fingerprint density at radius 2 is 2.32 bits per heavy atom. The fraction of sp³-hybridized carbons (Fsp3) is 0.273. The summed E-state index contributed by atoms with van der Waals surface area (Å²) < 4.78 is 4.56. The summed E-state index contributed by atoms with van der Waals surface area (Å²) in [6, 6.07) is 1.55. The van der Waals surface area contributed by atoms with Crippen molar-refractivity contribution < 1.29 is 9.32 Å². The van der Waals surface area contributed by atoms with Crippen LogP contribution in [0.5, 0.6) is 0 Å². The summed E-state index contributed by atoms with van der Waals surface area (Å²) in [5, 5.41) is 9.61. The molecule has 2 aromatic rings. The summed E-state index contributed by atoms with van der Waals surface area (Å²) in [7, 11) is 0. The van der Waals surface area contributed by atoms with E-state index in [1.807, 2.05) is 6.92 Å². The van der Waals surface area contributed by atoms with Crippen LogP contribution in [0, 0.1) is 0 Å². The van der Waals surface area contributed by atoms with Crippen molar-refractivity contribution in [3.8, 4) is 0 Å². The van der Waals surface area contributed by atoms with Gasteiger partial charge in [-0.05, 0) is 13.0 Å². The van der Waals surface area contributed by atoms with Gasteiger partial charge in [0.05, 0.1) is 17.1 Å². The Morgan fingerprint density at radius 1 is 1.47 bits per heavy atom. The third-order valence-corrected chi connectivity index (χ3v) is 2.55. The Hall–Kier alpha value is -2.15. The standard InChI is InChI=1S/C11H12ClN5O2/c1-2-13-10-8(12)3-7(4-14-10)11(18)15-5-9-16-6-19-17-9/h3-4,6H,2,5H2,1H3,(H,13,14)(H,15,18). The zero-order valence-electron chi connectivity index (χ0n) is 10.2. The highest BCUT2D eigenvalue weighted by Crippen LogP contribution is 2.19. The van der Waals surface area contributed by atoms with Crippen LogP contribution in [-0.4, -0.2) is 27.6 Å². The number of amides is 1. The number of aromatic nitrogens is 3. The van der Waals surface area contributed by atoms with Gasteiger partial charge in [-0.1, -0.05) is 16.8 Å². The monoisotopic (exact) mass is 281 g/mol. The zero-order valence-corrected chi connectivity index (χ0v) is 10.9. The lowest BCUT2D eigenvalue weighted by Gasteiger charge is -2.07. The SMILES string of the molecule is CCNc1ncc(C(=O)NCc2ncon2)cc1Cl. The molecule has 0 radical (unpaired) electrons. The van der Waals surface area contributed by atoms with Crippen LogP contribution < -0.4 is 10.6 Å². The van der Waals surface area contributed by atoms with Gasteiger partial charge in [0, 0.05) is 12.7 Å². The number of anilines is 1. The topological polar surface area (TPSA) is 92.9 Å². The van der Waals surface area contributed by atoms with E-state index >= 15 is 0 Å². The van der Waals surface area contributed by atoms with Crippen LogP contribution in [0.3, 0.4) is 0 Å². The van der Waals surface area contributed by atoms with Crippen molar-refractivity contribution in [2.24, 2.45) is 0 Å². The lowest BCUT2D eigenvalue weighted by Crippen LogP contribution is -2.23. The van der Waals surface area contributed by atoms with Gasteiger partial charge in [-0.25, -0.2) is 4.98 Å². The average Bonchev–Trinajstić information content (AvgIpc) is 2.91. The van der Waals surface area contributed by atoms with Gasteiger partial charge in [0.1, 0.15) is 5.82 Å². The molecule has 0 saturated carbocycles. The van der Waals surface area contributed by atoms with Gasteiger partial charge >= 0.3 is 0 Å². The van der Waals surface area contributed by atoms with Gasteiger partial charge in [-0.2, -0.15) is 4.98 Å². The van der Waals surface area contributed by atoms with Crippen molar-refractivity contribution in [2.45, 2.75) is 13.5 Å². The first-order chi connectivity index (χ1) is 9.20. The molecule has 100 valence electrons. The number of hydrogen-bond donors (Lipinski definition) is 2. The molecule has 0 saturated heterocycles. The van der Waals surface area contributed by atoms with E-state index in [-0.39, 0.29) is 12.5 Å². The first-order valence-electron chi connectivity index (χ1n) is 5.63. The smallest absolute Gasteiger partial charge is 0.253 e. The van der Waals surface area contributed by atoms with Gasteiger partial charge in [0.25, 0.3) is 5.91 Å². The van der Waals surface area contributed by atoms with Crippen LogP contribution in [0.15, 0.2) is 23.2 Å². The lowest BCUT2D eigenvalue weighted by atomic mass is 10.2. The fourth-order valence-electron chi connectivity index (χ4n) is 1.39. The molecule has 2 N–H and O–H groups in total. The predicted octanol–water partition coefficient (Wildman–Crippen LogP) is 1.48. The Kier molecular flexibility index (Phi) is 4.30. The Morgan fingerprint density at radius 3 is 2.95 bits per heavy atom. The van der Waals surface area contributed by atoms with Crippen molar-refractivity contribution in [1.29, 1.82) is 0 Å². The molecule has 0 aromatic carbocycles. The Balaban J connectivity index is 2.01. The molecule has 0 unspecified atom stereocenters. The molecule has 2 heterocycles. The number of carbonyl (C=O) groups excluding carboxylic acids is 1. The molecule has 0 aliphatic carbocycles. The third-order valence-electron chi connectivity index (χ3n) is 2.26. The summed E-state index contributed by atoms with van der Waals surface area (Å²) in [5.74, 6) is 0.651. The van der Waals surface area contributed by atoms with E-state index in [1.54, 1.807) is 6.07 Å². The summed E-state index contributed by atoms with van der Waals surface area (Å²) in [5.41, 5.74) is 0.371. The maximum atomic E-state index is 11.8. The first-order valence-corrected chi connectivity index (χ1v) is 6.01. The molecule has 0 spiro atoms. The maximum Gasteiger partial charge on any atom is 0.253 e. The van der Waals surface area contributed by atoms with Gasteiger partial charge in [0.15, 0.2) is 5.82 Å². The molecule has 2 aromatic heterocycles. The van der Waals surface area contributed by atoms with E-state index in [4.69, 9.17) is 11.6 Å². The van der Waals surface area contributed by atoms with E-state index in [0.29, 0.717) is 28.8 Å².